The third-order valence-electron chi connectivity index (χ3n) is 2.18. The quantitative estimate of drug-likeness (QED) is 0.705. The van der Waals surface area contributed by atoms with Gasteiger partial charge in [0.2, 0.25) is 5.88 Å². The first-order valence-electron chi connectivity index (χ1n) is 4.48. The molecule has 1 amide bonds. The lowest BCUT2D eigenvalue weighted by Crippen LogP contribution is -2.32. The van der Waals surface area contributed by atoms with Crippen molar-refractivity contribution in [3.05, 3.63) is 11.8 Å². The van der Waals surface area contributed by atoms with Crippen LogP contribution in [0.15, 0.2) is 6.07 Å². The fourth-order valence-corrected chi connectivity index (χ4v) is 1.47. The summed E-state index contributed by atoms with van der Waals surface area (Å²) in [6.45, 7) is 5.55. The number of carbonyl (C=O) groups is 1. The fourth-order valence-electron chi connectivity index (χ4n) is 1.47. The van der Waals surface area contributed by atoms with Gasteiger partial charge < -0.3 is 10.5 Å². The van der Waals surface area contributed by atoms with Gasteiger partial charge in [0, 0.05) is 11.5 Å². The number of ether oxygens (including phenoxy) is 1. The van der Waals surface area contributed by atoms with Gasteiger partial charge in [-0.1, -0.05) is 13.8 Å². The van der Waals surface area contributed by atoms with Crippen LogP contribution in [-0.2, 0) is 6.54 Å². The van der Waals surface area contributed by atoms with Crippen LogP contribution in [0.3, 0.4) is 0 Å². The number of aromatic nitrogens is 2. The van der Waals surface area contributed by atoms with Crippen LogP contribution < -0.4 is 10.5 Å². The lowest BCUT2D eigenvalue weighted by atomic mass is 9.94. The maximum absolute atomic E-state index is 10.9. The van der Waals surface area contributed by atoms with Crippen molar-refractivity contribution in [2.24, 2.45) is 11.1 Å². The minimum absolute atomic E-state index is 0.0495. The van der Waals surface area contributed by atoms with Gasteiger partial charge in [0.25, 0.3) is 5.91 Å². The number of nitrogens with zero attached hydrogens (tertiary/aromatic N) is 2. The number of nitrogens with two attached hydrogens (primary N) is 1. The molecule has 76 valence electrons. The monoisotopic (exact) mass is 195 g/mol. The van der Waals surface area contributed by atoms with Crippen LogP contribution in [0.25, 0.3) is 0 Å². The summed E-state index contributed by atoms with van der Waals surface area (Å²) >= 11 is 0. The Morgan fingerprint density at radius 2 is 2.43 bits per heavy atom. The first-order chi connectivity index (χ1) is 6.48. The molecule has 1 aliphatic heterocycles. The van der Waals surface area contributed by atoms with E-state index < -0.39 is 5.91 Å². The van der Waals surface area contributed by atoms with Crippen molar-refractivity contribution in [1.29, 1.82) is 0 Å². The number of hydrogen-bond donors (Lipinski definition) is 1. The van der Waals surface area contributed by atoms with Crippen molar-refractivity contribution < 1.29 is 9.53 Å². The van der Waals surface area contributed by atoms with E-state index in [2.05, 4.69) is 18.9 Å². The first-order valence-corrected chi connectivity index (χ1v) is 4.48. The summed E-state index contributed by atoms with van der Waals surface area (Å²) in [4.78, 5) is 10.9. The maximum atomic E-state index is 10.9. The number of rotatable bonds is 1. The second-order valence-electron chi connectivity index (χ2n) is 4.34. The van der Waals surface area contributed by atoms with Crippen LogP contribution >= 0.6 is 0 Å². The van der Waals surface area contributed by atoms with E-state index in [1.54, 1.807) is 10.7 Å². The normalized spacial score (nSPS) is 18.4. The summed E-state index contributed by atoms with van der Waals surface area (Å²) in [5, 5.41) is 4.06. The molecule has 0 bridgehead atoms. The van der Waals surface area contributed by atoms with Gasteiger partial charge in [0.05, 0.1) is 13.2 Å². The Balaban J connectivity index is 2.34. The highest BCUT2D eigenvalue weighted by molar-refractivity contribution is 5.91. The molecular weight excluding hydrogens is 182 g/mol. The molecule has 0 saturated carbocycles. The summed E-state index contributed by atoms with van der Waals surface area (Å²) in [6.07, 6.45) is 0. The van der Waals surface area contributed by atoms with E-state index in [0.29, 0.717) is 12.5 Å². The molecule has 5 nitrogen and oxygen atoms in total. The zero-order valence-corrected chi connectivity index (χ0v) is 8.28. The number of carbonyl (C=O) groups excluding carboxylic acids is 1. The molecule has 0 spiro atoms. The van der Waals surface area contributed by atoms with Crippen molar-refractivity contribution in [1.82, 2.24) is 9.78 Å². The van der Waals surface area contributed by atoms with Crippen LogP contribution in [0.4, 0.5) is 0 Å². The number of primary amides is 1. The molecule has 0 aliphatic carbocycles. The fraction of sp³-hybridized carbons (Fsp3) is 0.556. The zero-order chi connectivity index (χ0) is 10.3. The minimum Gasteiger partial charge on any atom is -0.477 e. The van der Waals surface area contributed by atoms with Crippen molar-refractivity contribution in [2.45, 2.75) is 20.4 Å². The molecule has 0 saturated heterocycles. The topological polar surface area (TPSA) is 70.1 Å². The van der Waals surface area contributed by atoms with Gasteiger partial charge in [0.1, 0.15) is 0 Å². The minimum atomic E-state index is -0.520. The van der Waals surface area contributed by atoms with Gasteiger partial charge in [-0.05, 0) is 0 Å². The smallest absolute Gasteiger partial charge is 0.269 e. The van der Waals surface area contributed by atoms with Crippen molar-refractivity contribution >= 4 is 5.91 Å². The Morgan fingerprint density at radius 3 is 3.07 bits per heavy atom. The maximum Gasteiger partial charge on any atom is 0.269 e. The summed E-state index contributed by atoms with van der Waals surface area (Å²) in [6, 6.07) is 1.58. The van der Waals surface area contributed by atoms with Gasteiger partial charge >= 0.3 is 0 Å². The van der Waals surface area contributed by atoms with E-state index in [9.17, 15) is 4.79 Å². The second kappa shape index (κ2) is 2.73. The van der Waals surface area contributed by atoms with E-state index in [1.165, 1.54) is 0 Å². The Labute approximate surface area is 81.8 Å². The van der Waals surface area contributed by atoms with Crippen LogP contribution in [0, 0.1) is 5.41 Å². The molecule has 5 heteroatoms. The molecule has 2 N–H and O–H groups in total. The first kappa shape index (κ1) is 9.05. The average molecular weight is 195 g/mol. The summed E-state index contributed by atoms with van der Waals surface area (Å²) in [5.41, 5.74) is 5.43. The molecule has 2 rings (SSSR count). The molecule has 0 fully saturated rings. The Bertz CT molecular complexity index is 381. The standard InChI is InChI=1S/C9H13N3O2/c1-9(2)4-12-7(14-5-9)3-6(11-12)8(10)13/h3H,4-5H2,1-2H3,(H2,10,13). The van der Waals surface area contributed by atoms with Crippen LogP contribution in [0.5, 0.6) is 5.88 Å². The highest BCUT2D eigenvalue weighted by Gasteiger charge is 2.28. The van der Waals surface area contributed by atoms with Crippen molar-refractivity contribution in [3.8, 4) is 5.88 Å². The molecule has 1 aromatic heterocycles. The zero-order valence-electron chi connectivity index (χ0n) is 8.28. The van der Waals surface area contributed by atoms with Crippen LogP contribution in [-0.4, -0.2) is 22.3 Å². The third kappa shape index (κ3) is 1.45. The summed E-state index contributed by atoms with van der Waals surface area (Å²) in [5.74, 6) is 0.103. The Kier molecular flexibility index (Phi) is 1.77. The molecule has 2 heterocycles. The van der Waals surface area contributed by atoms with Crippen molar-refractivity contribution in [3.63, 3.8) is 0 Å². The van der Waals surface area contributed by atoms with Crippen LogP contribution in [0.1, 0.15) is 24.3 Å². The van der Waals surface area contributed by atoms with E-state index in [0.717, 1.165) is 6.54 Å². The largest absolute Gasteiger partial charge is 0.477 e. The predicted octanol–water partition coefficient (Wildman–Crippen LogP) is 0.401. The van der Waals surface area contributed by atoms with Crippen LogP contribution in [0.2, 0.25) is 0 Å². The van der Waals surface area contributed by atoms with Gasteiger partial charge in [0.15, 0.2) is 5.69 Å². The van der Waals surface area contributed by atoms with Gasteiger partial charge in [-0.25, -0.2) is 4.68 Å². The summed E-state index contributed by atoms with van der Waals surface area (Å²) < 4.78 is 7.15. The summed E-state index contributed by atoms with van der Waals surface area (Å²) in [7, 11) is 0. The van der Waals surface area contributed by atoms with E-state index in [4.69, 9.17) is 10.5 Å². The Hall–Kier alpha value is -1.52. The average Bonchev–Trinajstić information content (AvgIpc) is 2.45. The van der Waals surface area contributed by atoms with E-state index >= 15 is 0 Å². The Morgan fingerprint density at radius 1 is 1.71 bits per heavy atom. The predicted molar refractivity (Wildman–Crippen MR) is 50.0 cm³/mol. The number of hydrogen-bond acceptors (Lipinski definition) is 3. The highest BCUT2D eigenvalue weighted by Crippen LogP contribution is 2.28. The van der Waals surface area contributed by atoms with Gasteiger partial charge in [-0.15, -0.1) is 0 Å². The third-order valence-corrected chi connectivity index (χ3v) is 2.18. The van der Waals surface area contributed by atoms with Crippen molar-refractivity contribution in [2.75, 3.05) is 6.61 Å². The van der Waals surface area contributed by atoms with Gasteiger partial charge in [-0.2, -0.15) is 5.10 Å². The SMILES string of the molecule is CC1(C)COc2cc(C(N)=O)nn2C1. The molecule has 1 aromatic rings. The number of amides is 1. The number of fused-ring (bicyclic) bond motifs is 1. The molecule has 1 aliphatic rings. The van der Waals surface area contributed by atoms with E-state index in [1.807, 2.05) is 0 Å². The molecule has 0 aromatic carbocycles. The van der Waals surface area contributed by atoms with Gasteiger partial charge in [-0.3, -0.25) is 4.79 Å². The highest BCUT2D eigenvalue weighted by atomic mass is 16.5. The molecule has 0 atom stereocenters. The molecular formula is C9H13N3O2. The van der Waals surface area contributed by atoms with E-state index in [-0.39, 0.29) is 11.1 Å². The lowest BCUT2D eigenvalue weighted by molar-refractivity contribution is 0.0974. The second-order valence-corrected chi connectivity index (χ2v) is 4.34. The molecule has 0 radical (unpaired) electrons. The molecule has 14 heavy (non-hydrogen) atoms. The lowest BCUT2D eigenvalue weighted by Gasteiger charge is -2.29. The molecule has 0 unspecified atom stereocenters.